The number of carbonyl (C=O) groups excluding carboxylic acids is 1. The summed E-state index contributed by atoms with van der Waals surface area (Å²) in [5.74, 6) is -0.210. The van der Waals surface area contributed by atoms with Crippen molar-refractivity contribution in [2.24, 2.45) is 0 Å². The van der Waals surface area contributed by atoms with Gasteiger partial charge in [-0.25, -0.2) is 4.98 Å². The van der Waals surface area contributed by atoms with Crippen molar-refractivity contribution in [2.75, 3.05) is 6.54 Å². The zero-order chi connectivity index (χ0) is 23.9. The highest BCUT2D eigenvalue weighted by Gasteiger charge is 2.38. The standard InChI is InChI=1S/C22H18F3N7O2/c1-13-6-7-16(32-26-9-10-27-32)15(12-13)21(33)31-11-8-17(31)20-28-19(29-30-20)14-4-2-3-5-18(14)34-22(23,24)25/h2-7,9-10,12,17H,8,11H2,1H3,(H,28,29,30)/t17-/m0/s1. The van der Waals surface area contributed by atoms with Crippen molar-refractivity contribution in [2.45, 2.75) is 25.7 Å². The number of H-pyrrole nitrogens is 1. The topological polar surface area (TPSA) is 102 Å². The van der Waals surface area contributed by atoms with Gasteiger partial charge in [0, 0.05) is 6.54 Å². The zero-order valence-corrected chi connectivity index (χ0v) is 17.8. The maximum atomic E-state index is 13.4. The zero-order valence-electron chi connectivity index (χ0n) is 17.8. The van der Waals surface area contributed by atoms with Gasteiger partial charge in [0.1, 0.15) is 11.6 Å². The Labute approximate surface area is 191 Å². The molecule has 2 aromatic carbocycles. The lowest BCUT2D eigenvalue weighted by Gasteiger charge is -2.39. The van der Waals surface area contributed by atoms with Gasteiger partial charge in [-0.3, -0.25) is 9.89 Å². The lowest BCUT2D eigenvalue weighted by molar-refractivity contribution is -0.274. The number of hydrogen-bond donors (Lipinski definition) is 1. The summed E-state index contributed by atoms with van der Waals surface area (Å²) >= 11 is 0. The van der Waals surface area contributed by atoms with E-state index in [2.05, 4.69) is 30.1 Å². The molecule has 34 heavy (non-hydrogen) atoms. The van der Waals surface area contributed by atoms with Crippen LogP contribution >= 0.6 is 0 Å². The Morgan fingerprint density at radius 2 is 1.91 bits per heavy atom. The van der Waals surface area contributed by atoms with Crippen molar-refractivity contribution < 1.29 is 22.7 Å². The molecule has 1 aliphatic rings. The molecule has 0 saturated carbocycles. The number of rotatable bonds is 5. The molecule has 1 amide bonds. The van der Waals surface area contributed by atoms with E-state index in [0.29, 0.717) is 30.0 Å². The van der Waals surface area contributed by atoms with Crippen LogP contribution in [0.1, 0.15) is 34.2 Å². The van der Waals surface area contributed by atoms with Gasteiger partial charge in [-0.05, 0) is 37.6 Å². The van der Waals surface area contributed by atoms with Gasteiger partial charge in [-0.2, -0.15) is 20.1 Å². The molecule has 9 nitrogen and oxygen atoms in total. The monoisotopic (exact) mass is 469 g/mol. The second kappa shape index (κ2) is 8.28. The third-order valence-electron chi connectivity index (χ3n) is 5.47. The first-order valence-corrected chi connectivity index (χ1v) is 10.4. The van der Waals surface area contributed by atoms with Gasteiger partial charge < -0.3 is 9.64 Å². The summed E-state index contributed by atoms with van der Waals surface area (Å²) in [5, 5.41) is 15.1. The van der Waals surface area contributed by atoms with Gasteiger partial charge in [-0.1, -0.05) is 23.8 Å². The quantitative estimate of drug-likeness (QED) is 0.477. The summed E-state index contributed by atoms with van der Waals surface area (Å²) in [5.41, 5.74) is 1.97. The predicted octanol–water partition coefficient (Wildman–Crippen LogP) is 3.85. The van der Waals surface area contributed by atoms with Crippen LogP contribution in [-0.4, -0.2) is 53.9 Å². The molecule has 1 fully saturated rings. The molecule has 1 saturated heterocycles. The number of aromatic nitrogens is 6. The van der Waals surface area contributed by atoms with E-state index in [1.807, 2.05) is 13.0 Å². The molecule has 1 N–H and O–H groups in total. The van der Waals surface area contributed by atoms with Crippen LogP contribution < -0.4 is 4.74 Å². The van der Waals surface area contributed by atoms with Gasteiger partial charge >= 0.3 is 6.36 Å². The number of aryl methyl sites for hydroxylation is 1. The Morgan fingerprint density at radius 3 is 2.62 bits per heavy atom. The van der Waals surface area contributed by atoms with Crippen LogP contribution in [0.5, 0.6) is 5.75 Å². The largest absolute Gasteiger partial charge is 0.573 e. The molecule has 2 aromatic heterocycles. The number of likely N-dealkylation sites (tertiary alicyclic amines) is 1. The molecule has 1 aliphatic heterocycles. The predicted molar refractivity (Wildman–Crippen MR) is 113 cm³/mol. The van der Waals surface area contributed by atoms with E-state index in [1.165, 1.54) is 35.4 Å². The van der Waals surface area contributed by atoms with Crippen molar-refractivity contribution in [1.82, 2.24) is 35.1 Å². The van der Waals surface area contributed by atoms with Gasteiger partial charge in [0.05, 0.1) is 35.2 Å². The normalized spacial score (nSPS) is 15.8. The Hall–Kier alpha value is -4.22. The molecule has 3 heterocycles. The first-order valence-electron chi connectivity index (χ1n) is 10.4. The molecule has 5 rings (SSSR count). The van der Waals surface area contributed by atoms with Crippen LogP contribution in [0.2, 0.25) is 0 Å². The molecule has 1 atom stereocenters. The van der Waals surface area contributed by atoms with Crippen LogP contribution in [0, 0.1) is 6.92 Å². The fraction of sp³-hybridized carbons (Fsp3) is 0.227. The van der Waals surface area contributed by atoms with Gasteiger partial charge in [0.15, 0.2) is 5.82 Å². The van der Waals surface area contributed by atoms with Crippen LogP contribution in [-0.2, 0) is 0 Å². The number of para-hydroxylation sites is 1. The van der Waals surface area contributed by atoms with Crippen molar-refractivity contribution in [3.05, 3.63) is 71.8 Å². The summed E-state index contributed by atoms with van der Waals surface area (Å²) in [4.78, 5) is 20.8. The Morgan fingerprint density at radius 1 is 1.15 bits per heavy atom. The second-order valence-electron chi connectivity index (χ2n) is 7.73. The van der Waals surface area contributed by atoms with Crippen molar-refractivity contribution in [1.29, 1.82) is 0 Å². The van der Waals surface area contributed by atoms with Crippen molar-refractivity contribution in [3.63, 3.8) is 0 Å². The van der Waals surface area contributed by atoms with Gasteiger partial charge in [0.2, 0.25) is 0 Å². The summed E-state index contributed by atoms with van der Waals surface area (Å²) in [6.07, 6.45) is -1.17. The number of ether oxygens (including phenoxy) is 1. The van der Waals surface area contributed by atoms with Crippen LogP contribution in [0.15, 0.2) is 54.9 Å². The van der Waals surface area contributed by atoms with E-state index in [4.69, 9.17) is 0 Å². The average Bonchev–Trinajstić information content (AvgIpc) is 3.45. The molecule has 0 spiro atoms. The third-order valence-corrected chi connectivity index (χ3v) is 5.47. The number of amides is 1. The Kier molecular flexibility index (Phi) is 5.27. The molecule has 0 bridgehead atoms. The fourth-order valence-electron chi connectivity index (χ4n) is 3.81. The summed E-state index contributed by atoms with van der Waals surface area (Å²) in [7, 11) is 0. The van der Waals surface area contributed by atoms with E-state index in [0.717, 1.165) is 5.56 Å². The molecule has 12 heteroatoms. The van der Waals surface area contributed by atoms with E-state index in [9.17, 15) is 18.0 Å². The molecular weight excluding hydrogens is 451 g/mol. The molecule has 4 aromatic rings. The Balaban J connectivity index is 1.42. The molecule has 0 radical (unpaired) electrons. The van der Waals surface area contributed by atoms with Crippen LogP contribution in [0.4, 0.5) is 13.2 Å². The first kappa shape index (κ1) is 21.6. The molecule has 0 aliphatic carbocycles. The maximum Gasteiger partial charge on any atom is 0.573 e. The number of alkyl halides is 3. The maximum absolute atomic E-state index is 13.4. The number of benzene rings is 2. The highest BCUT2D eigenvalue weighted by Crippen LogP contribution is 2.36. The van der Waals surface area contributed by atoms with Crippen molar-refractivity contribution >= 4 is 5.91 Å². The number of halogens is 3. The van der Waals surface area contributed by atoms with E-state index in [-0.39, 0.29) is 17.3 Å². The molecular formula is C22H18F3N7O2. The third kappa shape index (κ3) is 4.09. The SMILES string of the molecule is Cc1ccc(-n2nccn2)c(C(=O)N2CC[C@H]2c2nc(-c3ccccc3OC(F)(F)F)n[nH]2)c1. The smallest absolute Gasteiger partial charge is 0.405 e. The highest BCUT2D eigenvalue weighted by atomic mass is 19.4. The minimum absolute atomic E-state index is 0.0473. The lowest BCUT2D eigenvalue weighted by Crippen LogP contribution is -2.46. The first-order chi connectivity index (χ1) is 16.3. The van der Waals surface area contributed by atoms with E-state index < -0.39 is 18.2 Å². The van der Waals surface area contributed by atoms with Crippen molar-refractivity contribution in [3.8, 4) is 22.8 Å². The highest BCUT2D eigenvalue weighted by molar-refractivity contribution is 5.98. The number of carbonyl (C=O) groups is 1. The van der Waals surface area contributed by atoms with Crippen LogP contribution in [0.25, 0.3) is 17.1 Å². The summed E-state index contributed by atoms with van der Waals surface area (Å²) < 4.78 is 42.4. The number of nitrogens with one attached hydrogen (secondary N) is 1. The van der Waals surface area contributed by atoms with Crippen LogP contribution in [0.3, 0.4) is 0 Å². The minimum atomic E-state index is -4.85. The average molecular weight is 469 g/mol. The number of nitrogens with zero attached hydrogens (tertiary/aromatic N) is 6. The van der Waals surface area contributed by atoms with Gasteiger partial charge in [-0.15, -0.1) is 13.2 Å². The Bertz CT molecular complexity index is 1330. The summed E-state index contributed by atoms with van der Waals surface area (Å²) in [6, 6.07) is 10.6. The summed E-state index contributed by atoms with van der Waals surface area (Å²) in [6.45, 7) is 2.38. The van der Waals surface area contributed by atoms with E-state index >= 15 is 0 Å². The van der Waals surface area contributed by atoms with Gasteiger partial charge in [0.25, 0.3) is 5.91 Å². The molecule has 174 valence electrons. The lowest BCUT2D eigenvalue weighted by atomic mass is 9.99. The second-order valence-corrected chi connectivity index (χ2v) is 7.73. The van der Waals surface area contributed by atoms with E-state index in [1.54, 1.807) is 23.1 Å². The fourth-order valence-corrected chi connectivity index (χ4v) is 3.81. The number of hydrogen-bond acceptors (Lipinski definition) is 6. The minimum Gasteiger partial charge on any atom is -0.405 e. The molecule has 0 unspecified atom stereocenters. The number of aromatic amines is 1.